The minimum Gasteiger partial charge on any atom is -0.479 e. The fourth-order valence-corrected chi connectivity index (χ4v) is 3.12. The molecule has 1 aliphatic heterocycles. The highest BCUT2D eigenvalue weighted by molar-refractivity contribution is 7.08. The van der Waals surface area contributed by atoms with Gasteiger partial charge < -0.3 is 9.84 Å². The molecule has 1 amide bonds. The SMILES string of the molecule is O=C(O)[C@@H]1C=C(c2ccsc2)CN1C(=O)OCc1ccccc1. The number of carboxylic acids is 1. The van der Waals surface area contributed by atoms with Crippen molar-refractivity contribution in [1.29, 1.82) is 0 Å². The molecule has 0 radical (unpaired) electrons. The highest BCUT2D eigenvalue weighted by Gasteiger charge is 2.35. The number of ether oxygens (including phenoxy) is 1. The van der Waals surface area contributed by atoms with Crippen molar-refractivity contribution in [3.63, 3.8) is 0 Å². The third-order valence-electron chi connectivity index (χ3n) is 3.62. The van der Waals surface area contributed by atoms with E-state index in [0.29, 0.717) is 0 Å². The summed E-state index contributed by atoms with van der Waals surface area (Å²) < 4.78 is 5.25. The maximum atomic E-state index is 12.3. The van der Waals surface area contributed by atoms with E-state index in [-0.39, 0.29) is 13.2 Å². The molecule has 1 aromatic carbocycles. The maximum Gasteiger partial charge on any atom is 0.411 e. The third kappa shape index (κ3) is 3.43. The summed E-state index contributed by atoms with van der Waals surface area (Å²) in [5, 5.41) is 13.2. The summed E-state index contributed by atoms with van der Waals surface area (Å²) in [5.41, 5.74) is 2.63. The zero-order valence-corrected chi connectivity index (χ0v) is 13.0. The van der Waals surface area contributed by atoms with Gasteiger partial charge in [0.15, 0.2) is 6.04 Å². The van der Waals surface area contributed by atoms with Crippen LogP contribution in [0.4, 0.5) is 4.79 Å². The van der Waals surface area contributed by atoms with E-state index in [1.54, 1.807) is 6.08 Å². The molecular formula is C17H15NO4S. The number of hydrogen-bond donors (Lipinski definition) is 1. The fraction of sp³-hybridized carbons (Fsp3) is 0.176. The number of nitrogens with zero attached hydrogens (tertiary/aromatic N) is 1. The zero-order chi connectivity index (χ0) is 16.2. The zero-order valence-electron chi connectivity index (χ0n) is 12.2. The van der Waals surface area contributed by atoms with Crippen molar-refractivity contribution < 1.29 is 19.4 Å². The van der Waals surface area contributed by atoms with E-state index < -0.39 is 18.1 Å². The lowest BCUT2D eigenvalue weighted by Gasteiger charge is -2.21. The number of amides is 1. The molecule has 1 aromatic heterocycles. The molecule has 1 N–H and O–H groups in total. The largest absolute Gasteiger partial charge is 0.479 e. The molecule has 0 bridgehead atoms. The topological polar surface area (TPSA) is 66.8 Å². The highest BCUT2D eigenvalue weighted by atomic mass is 32.1. The molecule has 0 saturated heterocycles. The first-order chi connectivity index (χ1) is 11.1. The minimum absolute atomic E-state index is 0.121. The molecule has 0 spiro atoms. The lowest BCUT2D eigenvalue weighted by atomic mass is 10.1. The van der Waals surface area contributed by atoms with Crippen LogP contribution in [0, 0.1) is 0 Å². The van der Waals surface area contributed by atoms with Gasteiger partial charge in [0.1, 0.15) is 6.61 Å². The Morgan fingerprint density at radius 3 is 2.70 bits per heavy atom. The number of carbonyl (C=O) groups excluding carboxylic acids is 1. The Kier molecular flexibility index (Phi) is 4.43. The van der Waals surface area contributed by atoms with Crippen LogP contribution in [-0.4, -0.2) is 34.7 Å². The maximum absolute atomic E-state index is 12.3. The summed E-state index contributed by atoms with van der Waals surface area (Å²) in [5.74, 6) is -1.06. The summed E-state index contributed by atoms with van der Waals surface area (Å²) in [7, 11) is 0. The van der Waals surface area contributed by atoms with Crippen LogP contribution < -0.4 is 0 Å². The average Bonchev–Trinajstić information content (AvgIpc) is 3.22. The van der Waals surface area contributed by atoms with Gasteiger partial charge in [-0.1, -0.05) is 30.3 Å². The van der Waals surface area contributed by atoms with Gasteiger partial charge in [0.25, 0.3) is 0 Å². The number of carbonyl (C=O) groups is 2. The van der Waals surface area contributed by atoms with Gasteiger partial charge >= 0.3 is 12.1 Å². The number of rotatable bonds is 4. The Bertz CT molecular complexity index is 724. The van der Waals surface area contributed by atoms with Crippen LogP contribution in [0.15, 0.2) is 53.2 Å². The van der Waals surface area contributed by atoms with Crippen LogP contribution in [0.1, 0.15) is 11.1 Å². The van der Waals surface area contributed by atoms with E-state index in [0.717, 1.165) is 16.7 Å². The normalized spacial score (nSPS) is 17.0. The molecule has 6 heteroatoms. The van der Waals surface area contributed by atoms with Gasteiger partial charge in [0.2, 0.25) is 0 Å². The van der Waals surface area contributed by atoms with Gasteiger partial charge in [-0.3, -0.25) is 4.90 Å². The molecule has 23 heavy (non-hydrogen) atoms. The fourth-order valence-electron chi connectivity index (χ4n) is 2.43. The Morgan fingerprint density at radius 2 is 2.04 bits per heavy atom. The van der Waals surface area contributed by atoms with Gasteiger partial charge in [-0.15, -0.1) is 0 Å². The van der Waals surface area contributed by atoms with Gasteiger partial charge in [-0.2, -0.15) is 11.3 Å². The summed E-state index contributed by atoms with van der Waals surface area (Å²) in [4.78, 5) is 24.9. The molecule has 0 unspecified atom stereocenters. The number of hydrogen-bond acceptors (Lipinski definition) is 4. The van der Waals surface area contributed by atoms with Crippen LogP contribution in [0.25, 0.3) is 5.57 Å². The van der Waals surface area contributed by atoms with E-state index in [1.165, 1.54) is 16.2 Å². The van der Waals surface area contributed by atoms with Crippen molar-refractivity contribution in [2.24, 2.45) is 0 Å². The standard InChI is InChI=1S/C17H15NO4S/c19-16(20)15-8-14(13-6-7-23-11-13)9-18(15)17(21)22-10-12-4-2-1-3-5-12/h1-8,11,15H,9-10H2,(H,19,20)/t15-/m0/s1. The summed E-state index contributed by atoms with van der Waals surface area (Å²) in [6, 6.07) is 10.2. The Balaban J connectivity index is 1.69. The molecule has 1 aliphatic rings. The van der Waals surface area contributed by atoms with Crippen LogP contribution in [0.5, 0.6) is 0 Å². The number of carboxylic acid groups (broad SMARTS) is 1. The second kappa shape index (κ2) is 6.66. The van der Waals surface area contributed by atoms with Crippen molar-refractivity contribution in [2.75, 3.05) is 6.54 Å². The first kappa shape index (κ1) is 15.3. The molecule has 2 aromatic rings. The number of aliphatic carboxylic acids is 1. The van der Waals surface area contributed by atoms with E-state index >= 15 is 0 Å². The summed E-state index contributed by atoms with van der Waals surface area (Å²) >= 11 is 1.53. The quantitative estimate of drug-likeness (QED) is 0.935. The van der Waals surface area contributed by atoms with Gasteiger partial charge in [0.05, 0.1) is 6.54 Å². The van der Waals surface area contributed by atoms with Crippen molar-refractivity contribution in [1.82, 2.24) is 4.90 Å². The molecule has 2 heterocycles. The van der Waals surface area contributed by atoms with Crippen LogP contribution >= 0.6 is 11.3 Å². The first-order valence-corrected chi connectivity index (χ1v) is 8.03. The van der Waals surface area contributed by atoms with Gasteiger partial charge in [-0.05, 0) is 39.6 Å². The van der Waals surface area contributed by atoms with Crippen LogP contribution in [0.3, 0.4) is 0 Å². The van der Waals surface area contributed by atoms with Gasteiger partial charge in [-0.25, -0.2) is 9.59 Å². The third-order valence-corrected chi connectivity index (χ3v) is 4.30. The monoisotopic (exact) mass is 329 g/mol. The van der Waals surface area contributed by atoms with Crippen LogP contribution in [-0.2, 0) is 16.1 Å². The van der Waals surface area contributed by atoms with Crippen LogP contribution in [0.2, 0.25) is 0 Å². The molecule has 5 nitrogen and oxygen atoms in total. The molecule has 118 valence electrons. The predicted octanol–water partition coefficient (Wildman–Crippen LogP) is 3.24. The van der Waals surface area contributed by atoms with Crippen molar-refractivity contribution in [3.8, 4) is 0 Å². The van der Waals surface area contributed by atoms with Crippen molar-refractivity contribution >= 4 is 29.0 Å². The Labute approximate surface area is 137 Å². The first-order valence-electron chi connectivity index (χ1n) is 7.08. The molecule has 0 aliphatic carbocycles. The molecule has 1 atom stereocenters. The van der Waals surface area contributed by atoms with Gasteiger partial charge in [0, 0.05) is 0 Å². The molecule has 0 saturated carbocycles. The Morgan fingerprint density at radius 1 is 1.26 bits per heavy atom. The predicted molar refractivity (Wildman–Crippen MR) is 87.1 cm³/mol. The summed E-state index contributed by atoms with van der Waals surface area (Å²) in [6.45, 7) is 0.359. The Hall–Kier alpha value is -2.60. The second-order valence-corrected chi connectivity index (χ2v) is 5.94. The van der Waals surface area contributed by atoms with E-state index in [2.05, 4.69) is 0 Å². The second-order valence-electron chi connectivity index (χ2n) is 5.16. The molecule has 3 rings (SSSR count). The summed E-state index contributed by atoms with van der Waals surface area (Å²) in [6.07, 6.45) is 0.983. The smallest absolute Gasteiger partial charge is 0.411 e. The lowest BCUT2D eigenvalue weighted by Crippen LogP contribution is -2.41. The van der Waals surface area contributed by atoms with Crippen molar-refractivity contribution in [3.05, 3.63) is 64.4 Å². The molecule has 0 fully saturated rings. The van der Waals surface area contributed by atoms with E-state index in [1.807, 2.05) is 47.2 Å². The number of thiophene rings is 1. The van der Waals surface area contributed by atoms with Crippen molar-refractivity contribution in [2.45, 2.75) is 12.6 Å². The van der Waals surface area contributed by atoms with E-state index in [4.69, 9.17) is 4.74 Å². The van der Waals surface area contributed by atoms with E-state index in [9.17, 15) is 14.7 Å². The average molecular weight is 329 g/mol. The lowest BCUT2D eigenvalue weighted by molar-refractivity contribution is -0.140. The molecular weight excluding hydrogens is 314 g/mol. The number of benzene rings is 1. The highest BCUT2D eigenvalue weighted by Crippen LogP contribution is 2.27. The minimum atomic E-state index is -1.06.